The zero-order chi connectivity index (χ0) is 14.1. The van der Waals surface area contributed by atoms with Gasteiger partial charge in [-0.2, -0.15) is 5.10 Å². The van der Waals surface area contributed by atoms with E-state index in [4.69, 9.17) is 28.9 Å². The van der Waals surface area contributed by atoms with Crippen molar-refractivity contribution in [1.82, 2.24) is 14.6 Å². The quantitative estimate of drug-likeness (QED) is 0.808. The molecule has 0 aliphatic rings. The Kier molecular flexibility index (Phi) is 3.61. The molecule has 0 fully saturated rings. The van der Waals surface area contributed by atoms with Crippen LogP contribution in [0.2, 0.25) is 10.0 Å². The van der Waals surface area contributed by atoms with Gasteiger partial charge in [0.2, 0.25) is 0 Å². The second-order valence-electron chi connectivity index (χ2n) is 4.38. The molecule has 0 aliphatic heterocycles. The lowest BCUT2D eigenvalue weighted by Gasteiger charge is -2.03. The van der Waals surface area contributed by atoms with Crippen LogP contribution >= 0.6 is 23.2 Å². The molecule has 0 spiro atoms. The van der Waals surface area contributed by atoms with Crippen LogP contribution in [0, 0.1) is 0 Å². The molecule has 0 radical (unpaired) electrons. The van der Waals surface area contributed by atoms with Gasteiger partial charge in [0.1, 0.15) is 0 Å². The predicted molar refractivity (Wildman–Crippen MR) is 81.2 cm³/mol. The normalized spacial score (nSPS) is 11.2. The number of nitrogens with zero attached hydrogens (tertiary/aromatic N) is 3. The summed E-state index contributed by atoms with van der Waals surface area (Å²) in [5, 5.41) is 5.60. The molecular formula is C14H12Cl2N4. The van der Waals surface area contributed by atoms with Crippen molar-refractivity contribution < 1.29 is 0 Å². The van der Waals surface area contributed by atoms with Gasteiger partial charge in [-0.1, -0.05) is 29.3 Å². The molecule has 2 N–H and O–H groups in total. The first-order chi connectivity index (χ1) is 9.70. The fourth-order valence-corrected chi connectivity index (χ4v) is 2.48. The van der Waals surface area contributed by atoms with E-state index in [-0.39, 0.29) is 0 Å². The van der Waals surface area contributed by atoms with E-state index < -0.39 is 0 Å². The van der Waals surface area contributed by atoms with E-state index >= 15 is 0 Å². The third-order valence-corrected chi connectivity index (χ3v) is 3.82. The highest BCUT2D eigenvalue weighted by Gasteiger charge is 2.15. The molecule has 0 saturated heterocycles. The first-order valence-electron chi connectivity index (χ1n) is 6.18. The van der Waals surface area contributed by atoms with Gasteiger partial charge in [0.25, 0.3) is 0 Å². The Morgan fingerprint density at radius 1 is 1.20 bits per heavy atom. The first kappa shape index (κ1) is 13.4. The summed E-state index contributed by atoms with van der Waals surface area (Å²) in [4.78, 5) is 4.37. The number of nitrogens with two attached hydrogens (primary N) is 1. The monoisotopic (exact) mass is 306 g/mol. The minimum absolute atomic E-state index is 0.507. The summed E-state index contributed by atoms with van der Waals surface area (Å²) < 4.78 is 1.75. The summed E-state index contributed by atoms with van der Waals surface area (Å²) in [6.45, 7) is 0.534. The zero-order valence-corrected chi connectivity index (χ0v) is 12.1. The van der Waals surface area contributed by atoms with Gasteiger partial charge in [0.15, 0.2) is 5.65 Å². The van der Waals surface area contributed by atoms with E-state index in [0.717, 1.165) is 22.5 Å². The molecular weight excluding hydrogens is 295 g/mol. The molecule has 6 heteroatoms. The van der Waals surface area contributed by atoms with Crippen molar-refractivity contribution in [2.75, 3.05) is 6.54 Å². The van der Waals surface area contributed by atoms with E-state index in [1.54, 1.807) is 16.8 Å². The summed E-state index contributed by atoms with van der Waals surface area (Å²) >= 11 is 12.0. The third kappa shape index (κ3) is 2.26. The van der Waals surface area contributed by atoms with Crippen LogP contribution in [0.1, 0.15) is 5.56 Å². The van der Waals surface area contributed by atoms with Gasteiger partial charge < -0.3 is 5.73 Å². The number of aromatic nitrogens is 3. The Hall–Kier alpha value is -1.62. The van der Waals surface area contributed by atoms with Gasteiger partial charge in [-0.25, -0.2) is 9.50 Å². The highest BCUT2D eigenvalue weighted by Crippen LogP contribution is 2.31. The first-order valence-corrected chi connectivity index (χ1v) is 6.94. The standard InChI is InChI=1S/C14H12Cl2N4/c15-11-3-2-9(8-12(11)16)13-10(4-5-17)14-18-6-1-7-20(14)19-13/h1-3,6-8H,4-5,17H2. The number of rotatable bonds is 3. The maximum Gasteiger partial charge on any atom is 0.158 e. The number of halogens is 2. The van der Waals surface area contributed by atoms with E-state index in [2.05, 4.69) is 10.1 Å². The molecule has 2 aromatic heterocycles. The van der Waals surface area contributed by atoms with Crippen molar-refractivity contribution in [3.63, 3.8) is 0 Å². The Morgan fingerprint density at radius 3 is 2.80 bits per heavy atom. The van der Waals surface area contributed by atoms with Gasteiger partial charge >= 0.3 is 0 Å². The molecule has 0 atom stereocenters. The molecule has 0 saturated carbocycles. The van der Waals surface area contributed by atoms with Gasteiger partial charge in [0.05, 0.1) is 15.7 Å². The topological polar surface area (TPSA) is 56.2 Å². The maximum absolute atomic E-state index is 6.09. The molecule has 3 rings (SSSR count). The van der Waals surface area contributed by atoms with Gasteiger partial charge in [0, 0.05) is 23.5 Å². The Balaban J connectivity index is 2.23. The van der Waals surface area contributed by atoms with Crippen LogP contribution in [0.25, 0.3) is 16.9 Å². The number of fused-ring (bicyclic) bond motifs is 1. The van der Waals surface area contributed by atoms with Gasteiger partial charge in [-0.15, -0.1) is 0 Å². The molecule has 2 heterocycles. The molecule has 102 valence electrons. The molecule has 0 unspecified atom stereocenters. The van der Waals surface area contributed by atoms with Crippen LogP contribution in [-0.2, 0) is 6.42 Å². The second kappa shape index (κ2) is 5.40. The Morgan fingerprint density at radius 2 is 2.05 bits per heavy atom. The average Bonchev–Trinajstić information content (AvgIpc) is 2.82. The van der Waals surface area contributed by atoms with Crippen LogP contribution in [-0.4, -0.2) is 21.1 Å². The van der Waals surface area contributed by atoms with E-state index in [0.29, 0.717) is 23.0 Å². The minimum Gasteiger partial charge on any atom is -0.330 e. The SMILES string of the molecule is NCCc1c(-c2ccc(Cl)c(Cl)c2)nn2cccnc12. The summed E-state index contributed by atoms with van der Waals surface area (Å²) in [7, 11) is 0. The second-order valence-corrected chi connectivity index (χ2v) is 5.20. The van der Waals surface area contributed by atoms with Gasteiger partial charge in [-0.3, -0.25) is 0 Å². The number of benzene rings is 1. The lowest BCUT2D eigenvalue weighted by molar-refractivity contribution is 0.941. The summed E-state index contributed by atoms with van der Waals surface area (Å²) in [6.07, 6.45) is 4.31. The van der Waals surface area contributed by atoms with Crippen molar-refractivity contribution in [3.8, 4) is 11.3 Å². The van der Waals surface area contributed by atoms with Crippen molar-refractivity contribution in [1.29, 1.82) is 0 Å². The van der Waals surface area contributed by atoms with Crippen LogP contribution in [0.4, 0.5) is 0 Å². The predicted octanol–water partition coefficient (Wildman–Crippen LogP) is 3.20. The summed E-state index contributed by atoms with van der Waals surface area (Å²) in [5.41, 5.74) is 9.29. The molecule has 3 aromatic rings. The molecule has 0 aliphatic carbocycles. The third-order valence-electron chi connectivity index (χ3n) is 3.08. The zero-order valence-electron chi connectivity index (χ0n) is 10.6. The maximum atomic E-state index is 6.09. The fraction of sp³-hybridized carbons (Fsp3) is 0.143. The van der Waals surface area contributed by atoms with Crippen LogP contribution in [0.5, 0.6) is 0 Å². The van der Waals surface area contributed by atoms with E-state index in [1.807, 2.05) is 24.4 Å². The van der Waals surface area contributed by atoms with Crippen molar-refractivity contribution in [2.45, 2.75) is 6.42 Å². The lowest BCUT2D eigenvalue weighted by Crippen LogP contribution is -2.03. The fourth-order valence-electron chi connectivity index (χ4n) is 2.18. The Labute approximate surface area is 126 Å². The van der Waals surface area contributed by atoms with Crippen LogP contribution in [0.15, 0.2) is 36.7 Å². The molecule has 0 amide bonds. The number of hydrogen-bond acceptors (Lipinski definition) is 3. The molecule has 1 aromatic carbocycles. The van der Waals surface area contributed by atoms with Crippen molar-refractivity contribution in [3.05, 3.63) is 52.3 Å². The molecule has 20 heavy (non-hydrogen) atoms. The Bertz CT molecular complexity index is 767. The van der Waals surface area contributed by atoms with Crippen molar-refractivity contribution in [2.24, 2.45) is 5.73 Å². The van der Waals surface area contributed by atoms with Crippen LogP contribution < -0.4 is 5.73 Å². The highest BCUT2D eigenvalue weighted by atomic mass is 35.5. The van der Waals surface area contributed by atoms with Gasteiger partial charge in [-0.05, 0) is 31.2 Å². The van der Waals surface area contributed by atoms with Crippen molar-refractivity contribution >= 4 is 28.8 Å². The van der Waals surface area contributed by atoms with Crippen LogP contribution in [0.3, 0.4) is 0 Å². The largest absolute Gasteiger partial charge is 0.330 e. The molecule has 4 nitrogen and oxygen atoms in total. The highest BCUT2D eigenvalue weighted by molar-refractivity contribution is 6.42. The molecule has 0 bridgehead atoms. The minimum atomic E-state index is 0.507. The van der Waals surface area contributed by atoms with E-state index in [9.17, 15) is 0 Å². The number of hydrogen-bond donors (Lipinski definition) is 1. The van der Waals surface area contributed by atoms with E-state index in [1.165, 1.54) is 0 Å². The smallest absolute Gasteiger partial charge is 0.158 e. The summed E-state index contributed by atoms with van der Waals surface area (Å²) in [5.74, 6) is 0. The lowest BCUT2D eigenvalue weighted by atomic mass is 10.1. The summed E-state index contributed by atoms with van der Waals surface area (Å²) in [6, 6.07) is 7.31. The average molecular weight is 307 g/mol.